The van der Waals surface area contributed by atoms with Crippen molar-refractivity contribution in [3.05, 3.63) is 47.5 Å². The van der Waals surface area contributed by atoms with E-state index in [4.69, 9.17) is 5.73 Å². The molecule has 0 saturated heterocycles. The van der Waals surface area contributed by atoms with Crippen LogP contribution in [0.4, 0.5) is 5.95 Å². The van der Waals surface area contributed by atoms with Crippen LogP contribution in [0.1, 0.15) is 11.1 Å². The molecule has 1 aromatic heterocycles. The molecule has 92 valence electrons. The minimum atomic E-state index is 0.384. The first-order valence-electron chi connectivity index (χ1n) is 5.89. The molecule has 5 nitrogen and oxygen atoms in total. The Morgan fingerprint density at radius 2 is 1.84 bits per heavy atom. The van der Waals surface area contributed by atoms with Gasteiger partial charge >= 0.3 is 0 Å². The monoisotopic (exact) mass is 250 g/mol. The van der Waals surface area contributed by atoms with Crippen molar-refractivity contribution in [1.82, 2.24) is 9.97 Å². The predicted molar refractivity (Wildman–Crippen MR) is 73.4 cm³/mol. The predicted octanol–water partition coefficient (Wildman–Crippen LogP) is 2.35. The van der Waals surface area contributed by atoms with Crippen molar-refractivity contribution >= 4 is 22.7 Å². The summed E-state index contributed by atoms with van der Waals surface area (Å²) in [5, 5.41) is 12.7. The number of H-pyrrole nitrogens is 1. The van der Waals surface area contributed by atoms with Gasteiger partial charge in [0.05, 0.1) is 11.0 Å². The fourth-order valence-corrected chi connectivity index (χ4v) is 2.67. The Kier molecular flexibility index (Phi) is 1.79. The van der Waals surface area contributed by atoms with E-state index in [1.807, 2.05) is 36.4 Å². The summed E-state index contributed by atoms with van der Waals surface area (Å²) in [6, 6.07) is 11.7. The third kappa shape index (κ3) is 1.24. The number of hydrogen-bond acceptors (Lipinski definition) is 4. The van der Waals surface area contributed by atoms with Crippen LogP contribution >= 0.6 is 0 Å². The van der Waals surface area contributed by atoms with Crippen LogP contribution < -0.4 is 5.73 Å². The Balaban J connectivity index is 2.13. The zero-order valence-electron chi connectivity index (χ0n) is 9.88. The van der Waals surface area contributed by atoms with Gasteiger partial charge in [0.1, 0.15) is 5.71 Å². The van der Waals surface area contributed by atoms with Gasteiger partial charge in [-0.1, -0.05) is 29.4 Å². The van der Waals surface area contributed by atoms with Gasteiger partial charge in [0.15, 0.2) is 5.95 Å². The third-order valence-electron chi connectivity index (χ3n) is 3.47. The van der Waals surface area contributed by atoms with Crippen molar-refractivity contribution in [2.45, 2.75) is 0 Å². The van der Waals surface area contributed by atoms with Crippen LogP contribution in [0.5, 0.6) is 0 Å². The Bertz CT molecular complexity index is 848. The van der Waals surface area contributed by atoms with Crippen molar-refractivity contribution in [1.29, 1.82) is 0 Å². The molecule has 0 saturated carbocycles. The Hall–Kier alpha value is -2.82. The van der Waals surface area contributed by atoms with Gasteiger partial charge in [-0.2, -0.15) is 0 Å². The summed E-state index contributed by atoms with van der Waals surface area (Å²) in [6.07, 6.45) is 0. The van der Waals surface area contributed by atoms with Gasteiger partial charge in [0.25, 0.3) is 0 Å². The molecule has 5 heteroatoms. The minimum absolute atomic E-state index is 0.384. The summed E-state index contributed by atoms with van der Waals surface area (Å²) in [6.45, 7) is 0. The van der Waals surface area contributed by atoms with E-state index in [-0.39, 0.29) is 0 Å². The van der Waals surface area contributed by atoms with E-state index in [1.165, 1.54) is 0 Å². The van der Waals surface area contributed by atoms with E-state index < -0.39 is 0 Å². The second-order valence-electron chi connectivity index (χ2n) is 4.53. The number of rotatable bonds is 0. The van der Waals surface area contributed by atoms with Gasteiger partial charge in [0, 0.05) is 11.1 Å². The lowest BCUT2D eigenvalue weighted by Gasteiger charge is -1.99. The van der Waals surface area contributed by atoms with E-state index in [0.29, 0.717) is 11.7 Å². The van der Waals surface area contributed by atoms with E-state index >= 15 is 0 Å². The summed E-state index contributed by atoms with van der Waals surface area (Å²) in [4.78, 5) is 7.22. The van der Waals surface area contributed by atoms with Crippen molar-refractivity contribution in [3.63, 3.8) is 0 Å². The molecule has 0 spiro atoms. The molecule has 4 N–H and O–H groups in total. The number of nitrogens with one attached hydrogen (secondary N) is 1. The Labute approximate surface area is 108 Å². The number of anilines is 1. The molecule has 1 aliphatic rings. The van der Waals surface area contributed by atoms with Crippen LogP contribution in [0, 0.1) is 0 Å². The number of nitrogen functional groups attached to an aromatic ring is 1. The molecular formula is C14H10N4O. The molecule has 0 unspecified atom stereocenters. The van der Waals surface area contributed by atoms with Gasteiger partial charge in [-0.15, -0.1) is 0 Å². The molecule has 1 aliphatic carbocycles. The smallest absolute Gasteiger partial charge is 0.198 e. The normalized spacial score (nSPS) is 14.8. The van der Waals surface area contributed by atoms with Crippen LogP contribution in [0.15, 0.2) is 41.6 Å². The van der Waals surface area contributed by atoms with Gasteiger partial charge in [-0.3, -0.25) is 0 Å². The molecule has 3 aromatic rings. The molecular weight excluding hydrogens is 240 g/mol. The maximum Gasteiger partial charge on any atom is 0.198 e. The minimum Gasteiger partial charge on any atom is -0.410 e. The standard InChI is InChI=1S/C14H10N4O/c15-14-16-11-5-9-7-3-1-2-4-8(7)13(18-19)10(9)6-12(11)17-14/h1-6,19H,(H3,15,16,17)/b18-13-. The maximum atomic E-state index is 9.27. The molecule has 0 fully saturated rings. The summed E-state index contributed by atoms with van der Waals surface area (Å²) in [5.74, 6) is 0.384. The molecule has 4 rings (SSSR count). The lowest BCUT2D eigenvalue weighted by molar-refractivity contribution is 0.320. The van der Waals surface area contributed by atoms with Gasteiger partial charge in [-0.05, 0) is 23.3 Å². The number of fused-ring (bicyclic) bond motifs is 4. The average molecular weight is 250 g/mol. The second kappa shape index (κ2) is 3.35. The van der Waals surface area contributed by atoms with Gasteiger partial charge in [-0.25, -0.2) is 4.98 Å². The number of oxime groups is 1. The molecule has 0 atom stereocenters. The summed E-state index contributed by atoms with van der Waals surface area (Å²) >= 11 is 0. The topological polar surface area (TPSA) is 87.3 Å². The first-order chi connectivity index (χ1) is 9.28. The van der Waals surface area contributed by atoms with Crippen LogP contribution in [0.3, 0.4) is 0 Å². The van der Waals surface area contributed by atoms with Crippen molar-refractivity contribution in [2.75, 3.05) is 5.73 Å². The third-order valence-corrected chi connectivity index (χ3v) is 3.47. The van der Waals surface area contributed by atoms with Crippen LogP contribution in [0.2, 0.25) is 0 Å². The Morgan fingerprint density at radius 1 is 1.05 bits per heavy atom. The highest BCUT2D eigenvalue weighted by Crippen LogP contribution is 2.38. The first-order valence-corrected chi connectivity index (χ1v) is 5.89. The van der Waals surface area contributed by atoms with E-state index in [0.717, 1.165) is 33.3 Å². The molecule has 1 heterocycles. The van der Waals surface area contributed by atoms with Crippen molar-refractivity contribution < 1.29 is 5.21 Å². The molecule has 0 bridgehead atoms. The molecule has 0 aliphatic heterocycles. The SMILES string of the molecule is Nc1nc2cc3c(cc2[nH]1)/C(=N\O)c1ccccc1-3. The summed E-state index contributed by atoms with van der Waals surface area (Å²) in [5.41, 5.74) is 11.8. The molecule has 0 amide bonds. The number of imidazole rings is 1. The van der Waals surface area contributed by atoms with E-state index in [1.54, 1.807) is 0 Å². The van der Waals surface area contributed by atoms with E-state index in [9.17, 15) is 5.21 Å². The van der Waals surface area contributed by atoms with Crippen molar-refractivity contribution in [2.24, 2.45) is 5.16 Å². The Morgan fingerprint density at radius 3 is 2.63 bits per heavy atom. The first kappa shape index (κ1) is 10.1. The van der Waals surface area contributed by atoms with Crippen LogP contribution in [-0.2, 0) is 0 Å². The van der Waals surface area contributed by atoms with Crippen LogP contribution in [-0.4, -0.2) is 20.9 Å². The highest BCUT2D eigenvalue weighted by Gasteiger charge is 2.26. The fraction of sp³-hybridized carbons (Fsp3) is 0. The maximum absolute atomic E-state index is 9.27. The lowest BCUT2D eigenvalue weighted by Crippen LogP contribution is -1.97. The molecule has 2 aromatic carbocycles. The quantitative estimate of drug-likeness (QED) is 0.330. The van der Waals surface area contributed by atoms with E-state index in [2.05, 4.69) is 15.1 Å². The van der Waals surface area contributed by atoms with Crippen molar-refractivity contribution in [3.8, 4) is 11.1 Å². The molecule has 19 heavy (non-hydrogen) atoms. The van der Waals surface area contributed by atoms with Gasteiger partial charge in [0.2, 0.25) is 0 Å². The number of nitrogens with zero attached hydrogens (tertiary/aromatic N) is 2. The highest BCUT2D eigenvalue weighted by atomic mass is 16.4. The highest BCUT2D eigenvalue weighted by molar-refractivity contribution is 6.25. The van der Waals surface area contributed by atoms with Gasteiger partial charge < -0.3 is 15.9 Å². The van der Waals surface area contributed by atoms with Crippen LogP contribution in [0.25, 0.3) is 22.2 Å². The number of aromatic nitrogens is 2. The largest absolute Gasteiger partial charge is 0.410 e. The fourth-order valence-electron chi connectivity index (χ4n) is 2.67. The zero-order chi connectivity index (χ0) is 13.0. The number of aromatic amines is 1. The number of nitrogens with two attached hydrogens (primary N) is 1. The zero-order valence-corrected chi connectivity index (χ0v) is 9.88. The summed E-state index contributed by atoms with van der Waals surface area (Å²) in [7, 11) is 0. The second-order valence-corrected chi connectivity index (χ2v) is 4.53. The average Bonchev–Trinajstić information content (AvgIpc) is 2.92. The lowest BCUT2D eigenvalue weighted by atomic mass is 10.1. The summed E-state index contributed by atoms with van der Waals surface area (Å²) < 4.78 is 0. The molecule has 0 radical (unpaired) electrons. The number of benzene rings is 2. The number of hydrogen-bond donors (Lipinski definition) is 3.